The Kier molecular flexibility index (Phi) is 8.64. The average Bonchev–Trinajstić information content (AvgIpc) is 2.91. The van der Waals surface area contributed by atoms with Crippen LogP contribution in [0, 0.1) is 10.1 Å². The fourth-order valence-electron chi connectivity index (χ4n) is 3.27. The van der Waals surface area contributed by atoms with Gasteiger partial charge in [0.15, 0.2) is 11.5 Å². The zero-order valence-corrected chi connectivity index (χ0v) is 21.0. The van der Waals surface area contributed by atoms with Gasteiger partial charge in [0.05, 0.1) is 48.6 Å². The van der Waals surface area contributed by atoms with Crippen molar-refractivity contribution < 1.29 is 32.3 Å². The summed E-state index contributed by atoms with van der Waals surface area (Å²) in [5, 5.41) is 14.9. The van der Waals surface area contributed by atoms with Crippen LogP contribution >= 0.6 is 0 Å². The minimum atomic E-state index is -4.27. The molecule has 0 bridgehead atoms. The Balaban J connectivity index is 1.91. The van der Waals surface area contributed by atoms with E-state index in [2.05, 4.69) is 10.5 Å². The van der Waals surface area contributed by atoms with Gasteiger partial charge in [-0.15, -0.1) is 0 Å². The molecule has 194 valence electrons. The summed E-state index contributed by atoms with van der Waals surface area (Å²) in [7, 11) is -0.00434. The summed E-state index contributed by atoms with van der Waals surface area (Å²) in [5.74, 6) is 0.233. The molecule has 3 aromatic carbocycles. The Hall–Kier alpha value is -4.65. The molecule has 0 aliphatic heterocycles. The summed E-state index contributed by atoms with van der Waals surface area (Å²) in [4.78, 5) is 23.2. The number of hydrogen-bond donors (Lipinski definition) is 1. The number of nitrogens with one attached hydrogen (secondary N) is 1. The van der Waals surface area contributed by atoms with Crippen molar-refractivity contribution >= 4 is 33.5 Å². The number of hydrogen-bond acceptors (Lipinski definition) is 9. The summed E-state index contributed by atoms with van der Waals surface area (Å²) in [6.07, 6.45) is 1.11. The summed E-state index contributed by atoms with van der Waals surface area (Å²) < 4.78 is 43.6. The van der Waals surface area contributed by atoms with E-state index in [1.807, 2.05) is 0 Å². The number of nitro benzene ring substituents is 1. The third kappa shape index (κ3) is 6.32. The first-order chi connectivity index (χ1) is 17.7. The quantitative estimate of drug-likeness (QED) is 0.227. The second kappa shape index (κ2) is 11.9. The van der Waals surface area contributed by atoms with E-state index in [1.165, 1.54) is 69.9 Å². The Morgan fingerprint density at radius 1 is 1.00 bits per heavy atom. The standard InChI is InChI=1S/C24H24N4O8S/c1-34-19-10-8-18(9-11-19)27(37(32,33)20-12-13-22(35-2)23(14-20)36-3)16-24(29)26-25-15-17-6-4-5-7-21(17)28(30)31/h4-15H,16H2,1-3H3,(H,26,29)/b25-15-. The van der Waals surface area contributed by atoms with Gasteiger partial charge in [0.2, 0.25) is 0 Å². The number of methoxy groups -OCH3 is 3. The van der Waals surface area contributed by atoms with Crippen molar-refractivity contribution in [1.29, 1.82) is 0 Å². The molecule has 0 radical (unpaired) electrons. The van der Waals surface area contributed by atoms with Crippen molar-refractivity contribution in [3.05, 3.63) is 82.4 Å². The molecule has 0 unspecified atom stereocenters. The van der Waals surface area contributed by atoms with Gasteiger partial charge in [-0.2, -0.15) is 5.10 Å². The molecule has 3 aromatic rings. The molecule has 0 atom stereocenters. The average molecular weight is 529 g/mol. The monoisotopic (exact) mass is 528 g/mol. The normalized spacial score (nSPS) is 11.1. The SMILES string of the molecule is COc1ccc(N(CC(=O)N/N=C\c2ccccc2[N+](=O)[O-])S(=O)(=O)c2ccc(OC)c(OC)c2)cc1. The van der Waals surface area contributed by atoms with E-state index in [-0.39, 0.29) is 27.6 Å². The van der Waals surface area contributed by atoms with Crippen molar-refractivity contribution in [2.45, 2.75) is 4.90 Å². The fourth-order valence-corrected chi connectivity index (χ4v) is 4.71. The molecule has 0 aliphatic rings. The highest BCUT2D eigenvalue weighted by Gasteiger charge is 2.28. The second-order valence-corrected chi connectivity index (χ2v) is 9.20. The zero-order valence-electron chi connectivity index (χ0n) is 20.2. The van der Waals surface area contributed by atoms with E-state index in [0.29, 0.717) is 11.5 Å². The Morgan fingerprint density at radius 2 is 1.68 bits per heavy atom. The Bertz CT molecular complexity index is 1410. The maximum atomic E-state index is 13.6. The molecule has 0 heterocycles. The first kappa shape index (κ1) is 26.9. The fraction of sp³-hybridized carbons (Fsp3) is 0.167. The first-order valence-electron chi connectivity index (χ1n) is 10.7. The predicted molar refractivity (Wildman–Crippen MR) is 136 cm³/mol. The van der Waals surface area contributed by atoms with Crippen molar-refractivity contribution in [2.24, 2.45) is 5.10 Å². The van der Waals surface area contributed by atoms with E-state index in [1.54, 1.807) is 18.2 Å². The number of nitro groups is 1. The van der Waals surface area contributed by atoms with Gasteiger partial charge in [-0.25, -0.2) is 13.8 Å². The van der Waals surface area contributed by atoms with Gasteiger partial charge in [-0.05, 0) is 42.5 Å². The molecule has 0 spiro atoms. The summed E-state index contributed by atoms with van der Waals surface area (Å²) >= 11 is 0. The smallest absolute Gasteiger partial charge is 0.278 e. The maximum Gasteiger partial charge on any atom is 0.278 e. The minimum Gasteiger partial charge on any atom is -0.497 e. The Labute approximate surface area is 213 Å². The number of nitrogens with zero attached hydrogens (tertiary/aromatic N) is 3. The van der Waals surface area contributed by atoms with Gasteiger partial charge < -0.3 is 14.2 Å². The minimum absolute atomic E-state index is 0.142. The molecule has 12 nitrogen and oxygen atoms in total. The summed E-state index contributed by atoms with van der Waals surface area (Å²) in [6, 6.07) is 16.0. The summed E-state index contributed by atoms with van der Waals surface area (Å²) in [5.41, 5.74) is 2.37. The number of sulfonamides is 1. The lowest BCUT2D eigenvalue weighted by molar-refractivity contribution is -0.385. The largest absolute Gasteiger partial charge is 0.497 e. The number of amides is 1. The van der Waals surface area contributed by atoms with E-state index < -0.39 is 27.4 Å². The molecule has 3 rings (SSSR count). The van der Waals surface area contributed by atoms with Gasteiger partial charge >= 0.3 is 0 Å². The van der Waals surface area contributed by atoms with Gasteiger partial charge in [0, 0.05) is 12.1 Å². The predicted octanol–water partition coefficient (Wildman–Crippen LogP) is 2.97. The number of rotatable bonds is 11. The van der Waals surface area contributed by atoms with Crippen LogP contribution in [0.3, 0.4) is 0 Å². The molecular formula is C24H24N4O8S. The first-order valence-corrected chi connectivity index (χ1v) is 12.1. The third-order valence-corrected chi connectivity index (χ3v) is 6.89. The lowest BCUT2D eigenvalue weighted by Crippen LogP contribution is -2.39. The number of carbonyl (C=O) groups is 1. The molecule has 1 N–H and O–H groups in total. The molecule has 0 aliphatic carbocycles. The lowest BCUT2D eigenvalue weighted by Gasteiger charge is -2.24. The zero-order chi connectivity index (χ0) is 27.0. The number of para-hydroxylation sites is 1. The van der Waals surface area contributed by atoms with Crippen LogP contribution in [0.15, 0.2) is 76.7 Å². The van der Waals surface area contributed by atoms with Gasteiger partial charge in [0.1, 0.15) is 12.3 Å². The lowest BCUT2D eigenvalue weighted by atomic mass is 10.2. The number of ether oxygens (including phenoxy) is 3. The highest BCUT2D eigenvalue weighted by molar-refractivity contribution is 7.92. The van der Waals surface area contributed by atoms with Crippen LogP contribution in [0.2, 0.25) is 0 Å². The number of anilines is 1. The van der Waals surface area contributed by atoms with Crippen molar-refractivity contribution in [3.63, 3.8) is 0 Å². The maximum absolute atomic E-state index is 13.6. The molecule has 0 saturated carbocycles. The number of carbonyl (C=O) groups excluding carboxylic acids is 1. The Morgan fingerprint density at radius 3 is 2.30 bits per heavy atom. The topological polar surface area (TPSA) is 150 Å². The van der Waals surface area contributed by atoms with Crippen LogP contribution in [0.25, 0.3) is 0 Å². The molecule has 0 aromatic heterocycles. The van der Waals surface area contributed by atoms with E-state index in [0.717, 1.165) is 10.5 Å². The van der Waals surface area contributed by atoms with Crippen LogP contribution in [0.1, 0.15) is 5.56 Å². The van der Waals surface area contributed by atoms with Crippen LogP contribution in [0.4, 0.5) is 11.4 Å². The second-order valence-electron chi connectivity index (χ2n) is 7.34. The molecular weight excluding hydrogens is 504 g/mol. The van der Waals surface area contributed by atoms with Crippen molar-refractivity contribution in [1.82, 2.24) is 5.43 Å². The number of benzene rings is 3. The van der Waals surface area contributed by atoms with E-state index >= 15 is 0 Å². The third-order valence-electron chi connectivity index (χ3n) is 5.12. The molecule has 0 fully saturated rings. The van der Waals surface area contributed by atoms with Gasteiger partial charge in [0.25, 0.3) is 21.6 Å². The highest BCUT2D eigenvalue weighted by atomic mass is 32.2. The van der Waals surface area contributed by atoms with Crippen molar-refractivity contribution in [3.8, 4) is 17.2 Å². The highest BCUT2D eigenvalue weighted by Crippen LogP contribution is 2.32. The molecule has 37 heavy (non-hydrogen) atoms. The van der Waals surface area contributed by atoms with E-state index in [4.69, 9.17) is 14.2 Å². The van der Waals surface area contributed by atoms with E-state index in [9.17, 15) is 23.3 Å². The molecule has 1 amide bonds. The number of hydrazone groups is 1. The van der Waals surface area contributed by atoms with Gasteiger partial charge in [-0.1, -0.05) is 12.1 Å². The van der Waals surface area contributed by atoms with Crippen LogP contribution in [0.5, 0.6) is 17.2 Å². The van der Waals surface area contributed by atoms with Crippen LogP contribution in [-0.4, -0.2) is 53.3 Å². The van der Waals surface area contributed by atoms with Crippen LogP contribution in [-0.2, 0) is 14.8 Å². The molecule has 13 heteroatoms. The molecule has 0 saturated heterocycles. The summed E-state index contributed by atoms with van der Waals surface area (Å²) in [6.45, 7) is -0.642. The van der Waals surface area contributed by atoms with Crippen LogP contribution < -0.4 is 23.9 Å². The van der Waals surface area contributed by atoms with Gasteiger partial charge in [-0.3, -0.25) is 19.2 Å². The van der Waals surface area contributed by atoms with Crippen molar-refractivity contribution in [2.75, 3.05) is 32.2 Å².